The molecule has 1 atom stereocenters. The monoisotopic (exact) mass is 566 g/mol. The summed E-state index contributed by atoms with van der Waals surface area (Å²) in [4.78, 5) is 37.5. The lowest BCUT2D eigenvalue weighted by molar-refractivity contribution is -0.137. The molecule has 9 nitrogen and oxygen atoms in total. The fourth-order valence-electron chi connectivity index (χ4n) is 4.99. The van der Waals surface area contributed by atoms with Gasteiger partial charge in [-0.1, -0.05) is 66.7 Å². The van der Waals surface area contributed by atoms with Crippen molar-refractivity contribution in [3.8, 4) is 28.4 Å². The Kier molecular flexibility index (Phi) is 8.67. The minimum atomic E-state index is -1.17. The average molecular weight is 567 g/mol. The van der Waals surface area contributed by atoms with Gasteiger partial charge < -0.3 is 30.0 Å². The van der Waals surface area contributed by atoms with Crippen LogP contribution in [0.15, 0.2) is 97.1 Å². The molecule has 0 bridgehead atoms. The van der Waals surface area contributed by atoms with Crippen molar-refractivity contribution in [3.63, 3.8) is 0 Å². The summed E-state index contributed by atoms with van der Waals surface area (Å²) >= 11 is 0. The number of ether oxygens (including phenoxy) is 3. The average Bonchev–Trinajstić information content (AvgIpc) is 3.32. The maximum Gasteiger partial charge on any atom is 0.407 e. The standard InChI is InChI=1S/C33H30N2O7/c1-40-21-9-8-10-22(19-21)42-30-16-7-6-15-28(30)34-32(38)29(17-18-31(36)37)35-33(39)41-20-27-25-13-4-2-11-23(25)24-12-3-5-14-26(24)27/h2-16,19,27,29H,17-18,20H2,1H3,(H,34,38)(H,35,39)(H,36,37). The minimum absolute atomic E-state index is 0.0599. The molecule has 1 aliphatic rings. The second-order valence-corrected chi connectivity index (χ2v) is 9.72. The zero-order valence-corrected chi connectivity index (χ0v) is 22.9. The number of carboxylic acid groups (broad SMARTS) is 1. The highest BCUT2D eigenvalue weighted by Crippen LogP contribution is 2.44. The third-order valence-corrected chi connectivity index (χ3v) is 7.01. The highest BCUT2D eigenvalue weighted by Gasteiger charge is 2.30. The summed E-state index contributed by atoms with van der Waals surface area (Å²) in [6, 6.07) is 28.6. The van der Waals surface area contributed by atoms with E-state index in [0.717, 1.165) is 22.3 Å². The van der Waals surface area contributed by atoms with Gasteiger partial charge in [-0.15, -0.1) is 0 Å². The first kappa shape index (κ1) is 28.2. The number of carbonyl (C=O) groups is 3. The van der Waals surface area contributed by atoms with E-state index in [-0.39, 0.29) is 25.4 Å². The molecule has 9 heteroatoms. The number of para-hydroxylation sites is 2. The maximum absolute atomic E-state index is 13.3. The molecule has 0 radical (unpaired) electrons. The van der Waals surface area contributed by atoms with Crippen LogP contribution >= 0.6 is 0 Å². The summed E-state index contributed by atoms with van der Waals surface area (Å²) in [5.41, 5.74) is 4.64. The number of fused-ring (bicyclic) bond motifs is 3. The van der Waals surface area contributed by atoms with E-state index in [1.165, 1.54) is 0 Å². The number of hydrogen-bond acceptors (Lipinski definition) is 6. The molecular weight excluding hydrogens is 536 g/mol. The molecule has 4 aromatic rings. The van der Waals surface area contributed by atoms with Crippen LogP contribution in [0.1, 0.15) is 29.9 Å². The molecule has 0 saturated heterocycles. The summed E-state index contributed by atoms with van der Waals surface area (Å²) in [5, 5.41) is 14.6. The summed E-state index contributed by atoms with van der Waals surface area (Å²) in [6.45, 7) is 0.0599. The SMILES string of the molecule is COc1cccc(Oc2ccccc2NC(=O)C(CCC(=O)O)NC(=O)OCC2c3ccccc3-c3ccccc32)c1. The molecule has 0 spiro atoms. The Hall–Kier alpha value is -5.31. The molecule has 0 saturated carbocycles. The van der Waals surface area contributed by atoms with Crippen molar-refractivity contribution in [3.05, 3.63) is 108 Å². The van der Waals surface area contributed by atoms with Crippen LogP contribution in [0.3, 0.4) is 0 Å². The summed E-state index contributed by atoms with van der Waals surface area (Å²) in [7, 11) is 1.55. The van der Waals surface area contributed by atoms with Crippen LogP contribution in [0, 0.1) is 0 Å². The largest absolute Gasteiger partial charge is 0.497 e. The third-order valence-electron chi connectivity index (χ3n) is 7.01. The molecule has 1 aliphatic carbocycles. The molecule has 3 N–H and O–H groups in total. The number of amides is 2. The van der Waals surface area contributed by atoms with Crippen LogP contribution in [0.4, 0.5) is 10.5 Å². The Morgan fingerprint density at radius 3 is 2.17 bits per heavy atom. The van der Waals surface area contributed by atoms with E-state index < -0.39 is 24.0 Å². The van der Waals surface area contributed by atoms with Crippen molar-refractivity contribution in [1.82, 2.24) is 5.32 Å². The molecule has 1 unspecified atom stereocenters. The van der Waals surface area contributed by atoms with Gasteiger partial charge in [-0.2, -0.15) is 0 Å². The van der Waals surface area contributed by atoms with E-state index in [1.54, 1.807) is 55.6 Å². The Morgan fingerprint density at radius 2 is 1.48 bits per heavy atom. The molecule has 2 amide bonds. The molecule has 0 heterocycles. The van der Waals surface area contributed by atoms with Crippen molar-refractivity contribution in [1.29, 1.82) is 0 Å². The van der Waals surface area contributed by atoms with Gasteiger partial charge >= 0.3 is 12.1 Å². The van der Waals surface area contributed by atoms with E-state index >= 15 is 0 Å². The number of anilines is 1. The highest BCUT2D eigenvalue weighted by molar-refractivity contribution is 5.98. The Morgan fingerprint density at radius 1 is 0.833 bits per heavy atom. The van der Waals surface area contributed by atoms with Gasteiger partial charge in [-0.25, -0.2) is 4.79 Å². The lowest BCUT2D eigenvalue weighted by Crippen LogP contribution is -2.44. The molecule has 4 aromatic carbocycles. The predicted octanol–water partition coefficient (Wildman–Crippen LogP) is 6.20. The van der Waals surface area contributed by atoms with Gasteiger partial charge in [0, 0.05) is 18.4 Å². The Balaban J connectivity index is 1.27. The van der Waals surface area contributed by atoms with Crippen molar-refractivity contribution < 1.29 is 33.7 Å². The Labute approximate surface area is 243 Å². The molecule has 5 rings (SSSR count). The first-order valence-corrected chi connectivity index (χ1v) is 13.5. The van der Waals surface area contributed by atoms with Crippen molar-refractivity contribution in [2.45, 2.75) is 24.8 Å². The molecular formula is C33H30N2O7. The van der Waals surface area contributed by atoms with Crippen LogP contribution in [0.25, 0.3) is 11.1 Å². The second-order valence-electron chi connectivity index (χ2n) is 9.72. The zero-order valence-electron chi connectivity index (χ0n) is 22.9. The number of alkyl carbamates (subject to hydrolysis) is 1. The third kappa shape index (κ3) is 6.52. The van der Waals surface area contributed by atoms with Crippen LogP contribution in [-0.4, -0.2) is 42.8 Å². The van der Waals surface area contributed by atoms with E-state index in [9.17, 15) is 19.5 Å². The fourth-order valence-corrected chi connectivity index (χ4v) is 4.99. The van der Waals surface area contributed by atoms with E-state index in [0.29, 0.717) is 22.9 Å². The topological polar surface area (TPSA) is 123 Å². The maximum atomic E-state index is 13.3. The number of nitrogens with one attached hydrogen (secondary N) is 2. The zero-order chi connectivity index (χ0) is 29.5. The van der Waals surface area contributed by atoms with Gasteiger partial charge in [0.2, 0.25) is 5.91 Å². The predicted molar refractivity (Wildman–Crippen MR) is 157 cm³/mol. The van der Waals surface area contributed by atoms with Crippen molar-refractivity contribution >= 4 is 23.7 Å². The lowest BCUT2D eigenvalue weighted by atomic mass is 9.98. The normalized spacial score (nSPS) is 12.4. The van der Waals surface area contributed by atoms with E-state index in [1.807, 2.05) is 48.5 Å². The minimum Gasteiger partial charge on any atom is -0.497 e. The number of hydrogen-bond donors (Lipinski definition) is 3. The summed E-state index contributed by atoms with van der Waals surface area (Å²) in [5.74, 6) is -0.395. The van der Waals surface area contributed by atoms with Crippen LogP contribution < -0.4 is 20.1 Å². The molecule has 214 valence electrons. The number of rotatable bonds is 11. The number of aliphatic carboxylic acids is 1. The number of methoxy groups -OCH3 is 1. The quantitative estimate of drug-likeness (QED) is 0.198. The highest BCUT2D eigenvalue weighted by atomic mass is 16.5. The molecule has 0 fully saturated rings. The van der Waals surface area contributed by atoms with E-state index in [2.05, 4.69) is 10.6 Å². The number of carboxylic acids is 1. The van der Waals surface area contributed by atoms with Crippen LogP contribution in [0.5, 0.6) is 17.2 Å². The lowest BCUT2D eigenvalue weighted by Gasteiger charge is -2.20. The first-order chi connectivity index (χ1) is 20.4. The van der Waals surface area contributed by atoms with E-state index in [4.69, 9.17) is 14.2 Å². The van der Waals surface area contributed by atoms with Gasteiger partial charge in [0.15, 0.2) is 5.75 Å². The molecule has 0 aliphatic heterocycles. The van der Waals surface area contributed by atoms with Crippen LogP contribution in [0.2, 0.25) is 0 Å². The fraction of sp³-hybridized carbons (Fsp3) is 0.182. The van der Waals surface area contributed by atoms with Crippen LogP contribution in [-0.2, 0) is 14.3 Å². The van der Waals surface area contributed by atoms with Gasteiger partial charge in [-0.3, -0.25) is 9.59 Å². The number of benzene rings is 4. The van der Waals surface area contributed by atoms with Crippen molar-refractivity contribution in [2.24, 2.45) is 0 Å². The summed E-state index contributed by atoms with van der Waals surface area (Å²) < 4.78 is 16.8. The second kappa shape index (κ2) is 12.9. The van der Waals surface area contributed by atoms with Gasteiger partial charge in [-0.05, 0) is 52.9 Å². The first-order valence-electron chi connectivity index (χ1n) is 13.5. The Bertz CT molecular complexity index is 1560. The van der Waals surface area contributed by atoms with Gasteiger partial charge in [0.1, 0.15) is 24.1 Å². The van der Waals surface area contributed by atoms with Gasteiger partial charge in [0.25, 0.3) is 0 Å². The van der Waals surface area contributed by atoms with Gasteiger partial charge in [0.05, 0.1) is 12.8 Å². The van der Waals surface area contributed by atoms with Crippen molar-refractivity contribution in [2.75, 3.05) is 19.0 Å². The molecule has 42 heavy (non-hydrogen) atoms. The number of carbonyl (C=O) groups excluding carboxylic acids is 2. The molecule has 0 aromatic heterocycles. The smallest absolute Gasteiger partial charge is 0.407 e. The summed E-state index contributed by atoms with van der Waals surface area (Å²) in [6.07, 6.45) is -1.28.